The van der Waals surface area contributed by atoms with Crippen LogP contribution in [0.2, 0.25) is 0 Å². The predicted octanol–water partition coefficient (Wildman–Crippen LogP) is 2.73. The molecule has 1 N–H and O–H groups in total. The Kier molecular flexibility index (Phi) is 2.33. The highest BCUT2D eigenvalue weighted by molar-refractivity contribution is 9.10. The Hall–Kier alpha value is -1.23. The molecular weight excluding hydrogens is 288 g/mol. The number of halogens is 1. The lowest BCUT2D eigenvalue weighted by atomic mass is 9.91. The quantitative estimate of drug-likeness (QED) is 0.912. The number of fused-ring (bicyclic) bond motifs is 1. The van der Waals surface area contributed by atoms with E-state index in [9.17, 15) is 4.79 Å². The van der Waals surface area contributed by atoms with Crippen LogP contribution in [0.3, 0.4) is 0 Å². The molecule has 3 rings (SSSR count). The van der Waals surface area contributed by atoms with Crippen molar-refractivity contribution in [2.75, 3.05) is 0 Å². The van der Waals surface area contributed by atoms with Crippen LogP contribution < -0.4 is 9.47 Å². The Balaban J connectivity index is 1.92. The standard InChI is InChI=1S/C12H11BrO4/c13-8-6-10-9(4-7(8)5-11(14)15)16-12(17-10)2-1-3-12/h4,6H,1-3,5H2,(H,14,15). The topological polar surface area (TPSA) is 55.8 Å². The number of aliphatic carboxylic acids is 1. The molecule has 0 saturated heterocycles. The van der Waals surface area contributed by atoms with Gasteiger partial charge in [-0.1, -0.05) is 15.9 Å². The predicted molar refractivity (Wildman–Crippen MR) is 63.3 cm³/mol. The van der Waals surface area contributed by atoms with E-state index in [2.05, 4.69) is 15.9 Å². The summed E-state index contributed by atoms with van der Waals surface area (Å²) in [6.45, 7) is 0. The van der Waals surface area contributed by atoms with Gasteiger partial charge in [0.15, 0.2) is 11.5 Å². The summed E-state index contributed by atoms with van der Waals surface area (Å²) in [7, 11) is 0. The van der Waals surface area contributed by atoms with Gasteiger partial charge in [0.05, 0.1) is 6.42 Å². The van der Waals surface area contributed by atoms with Crippen molar-refractivity contribution in [1.29, 1.82) is 0 Å². The number of rotatable bonds is 2. The zero-order valence-corrected chi connectivity index (χ0v) is 10.6. The molecular formula is C12H11BrO4. The van der Waals surface area contributed by atoms with Crippen molar-refractivity contribution in [1.82, 2.24) is 0 Å². The van der Waals surface area contributed by atoms with Gasteiger partial charge in [-0.3, -0.25) is 4.79 Å². The van der Waals surface area contributed by atoms with Gasteiger partial charge in [0.2, 0.25) is 0 Å². The maximum Gasteiger partial charge on any atom is 0.307 e. The third-order valence-electron chi connectivity index (χ3n) is 3.16. The van der Waals surface area contributed by atoms with Crippen LogP contribution in [0.15, 0.2) is 16.6 Å². The van der Waals surface area contributed by atoms with Gasteiger partial charge in [-0.25, -0.2) is 0 Å². The monoisotopic (exact) mass is 298 g/mol. The molecule has 1 aromatic rings. The Labute approximate surface area is 107 Å². The average molecular weight is 299 g/mol. The molecule has 0 bridgehead atoms. The fraction of sp³-hybridized carbons (Fsp3) is 0.417. The second-order valence-corrected chi connectivity index (χ2v) is 5.28. The lowest BCUT2D eigenvalue weighted by molar-refractivity contribution is -0.138. The van der Waals surface area contributed by atoms with Crippen LogP contribution in [-0.4, -0.2) is 16.9 Å². The van der Waals surface area contributed by atoms with Crippen LogP contribution in [0.1, 0.15) is 24.8 Å². The first-order chi connectivity index (χ1) is 8.08. The lowest BCUT2D eigenvalue weighted by Crippen LogP contribution is -2.45. The highest BCUT2D eigenvalue weighted by Gasteiger charge is 2.47. The second-order valence-electron chi connectivity index (χ2n) is 4.43. The van der Waals surface area contributed by atoms with E-state index in [1.807, 2.05) is 0 Å². The molecule has 2 aliphatic rings. The number of carbonyl (C=O) groups is 1. The molecule has 1 fully saturated rings. The Bertz CT molecular complexity index is 494. The molecule has 1 heterocycles. The molecule has 1 saturated carbocycles. The third kappa shape index (κ3) is 1.78. The summed E-state index contributed by atoms with van der Waals surface area (Å²) in [6, 6.07) is 3.54. The van der Waals surface area contributed by atoms with Gasteiger partial charge < -0.3 is 14.6 Å². The van der Waals surface area contributed by atoms with E-state index in [1.165, 1.54) is 0 Å². The van der Waals surface area contributed by atoms with Crippen LogP contribution in [0, 0.1) is 0 Å². The minimum atomic E-state index is -0.858. The fourth-order valence-electron chi connectivity index (χ4n) is 2.13. The Morgan fingerprint density at radius 2 is 2.00 bits per heavy atom. The largest absolute Gasteiger partial charge is 0.481 e. The first-order valence-corrected chi connectivity index (χ1v) is 6.30. The van der Waals surface area contributed by atoms with Gasteiger partial charge in [-0.15, -0.1) is 0 Å². The van der Waals surface area contributed by atoms with Crippen molar-refractivity contribution in [2.45, 2.75) is 31.5 Å². The van der Waals surface area contributed by atoms with Gasteiger partial charge in [0, 0.05) is 17.3 Å². The SMILES string of the molecule is O=C(O)Cc1cc2c(cc1Br)OC1(CCC1)O2. The fourth-order valence-corrected chi connectivity index (χ4v) is 2.59. The van der Waals surface area contributed by atoms with E-state index in [-0.39, 0.29) is 6.42 Å². The first kappa shape index (κ1) is 10.9. The van der Waals surface area contributed by atoms with Crippen LogP contribution in [-0.2, 0) is 11.2 Å². The Morgan fingerprint density at radius 3 is 2.53 bits per heavy atom. The number of hydrogen-bond donors (Lipinski definition) is 1. The molecule has 1 aromatic carbocycles. The number of carboxylic acid groups (broad SMARTS) is 1. The lowest BCUT2D eigenvalue weighted by Gasteiger charge is -2.35. The molecule has 17 heavy (non-hydrogen) atoms. The van der Waals surface area contributed by atoms with Crippen LogP contribution >= 0.6 is 15.9 Å². The molecule has 90 valence electrons. The summed E-state index contributed by atoms with van der Waals surface area (Å²) in [4.78, 5) is 10.7. The van der Waals surface area contributed by atoms with Crippen molar-refractivity contribution < 1.29 is 19.4 Å². The number of hydrogen-bond acceptors (Lipinski definition) is 3. The zero-order valence-electron chi connectivity index (χ0n) is 9.03. The van der Waals surface area contributed by atoms with E-state index in [0.29, 0.717) is 17.1 Å². The Morgan fingerprint density at radius 1 is 1.35 bits per heavy atom. The minimum Gasteiger partial charge on any atom is -0.481 e. The second kappa shape index (κ2) is 3.63. The highest BCUT2D eigenvalue weighted by Crippen LogP contribution is 2.49. The van der Waals surface area contributed by atoms with E-state index in [4.69, 9.17) is 14.6 Å². The summed E-state index contributed by atoms with van der Waals surface area (Å²) in [6.07, 6.45) is 2.88. The number of benzene rings is 1. The summed E-state index contributed by atoms with van der Waals surface area (Å²) < 4.78 is 12.3. The molecule has 0 atom stereocenters. The van der Waals surface area contributed by atoms with E-state index < -0.39 is 11.8 Å². The number of ether oxygens (including phenoxy) is 2. The zero-order chi connectivity index (χ0) is 12.0. The molecule has 1 aliphatic heterocycles. The molecule has 0 aromatic heterocycles. The molecule has 0 unspecified atom stereocenters. The molecule has 4 nitrogen and oxygen atoms in total. The number of carboxylic acids is 1. The van der Waals surface area contributed by atoms with Crippen LogP contribution in [0.4, 0.5) is 0 Å². The molecule has 1 aliphatic carbocycles. The van der Waals surface area contributed by atoms with Crippen molar-refractivity contribution in [3.8, 4) is 11.5 Å². The maximum absolute atomic E-state index is 10.7. The minimum absolute atomic E-state index is 0.0236. The van der Waals surface area contributed by atoms with E-state index in [0.717, 1.165) is 23.7 Å². The van der Waals surface area contributed by atoms with Gasteiger partial charge >= 0.3 is 5.97 Å². The molecule has 1 spiro atoms. The first-order valence-electron chi connectivity index (χ1n) is 5.50. The van der Waals surface area contributed by atoms with Crippen molar-refractivity contribution in [3.05, 3.63) is 22.2 Å². The molecule has 5 heteroatoms. The summed E-state index contributed by atoms with van der Waals surface area (Å²) >= 11 is 3.36. The maximum atomic E-state index is 10.7. The van der Waals surface area contributed by atoms with Crippen LogP contribution in [0.5, 0.6) is 11.5 Å². The van der Waals surface area contributed by atoms with Gasteiger partial charge in [0.25, 0.3) is 5.79 Å². The van der Waals surface area contributed by atoms with E-state index in [1.54, 1.807) is 12.1 Å². The molecule has 0 amide bonds. The van der Waals surface area contributed by atoms with Gasteiger partial charge in [0.1, 0.15) is 0 Å². The molecule has 0 radical (unpaired) electrons. The third-order valence-corrected chi connectivity index (χ3v) is 3.90. The normalized spacial score (nSPS) is 19.1. The van der Waals surface area contributed by atoms with Gasteiger partial charge in [-0.05, 0) is 24.1 Å². The van der Waals surface area contributed by atoms with Crippen LogP contribution in [0.25, 0.3) is 0 Å². The summed E-state index contributed by atoms with van der Waals surface area (Å²) in [5.74, 6) is 0.0293. The highest BCUT2D eigenvalue weighted by atomic mass is 79.9. The van der Waals surface area contributed by atoms with Crippen molar-refractivity contribution in [3.63, 3.8) is 0 Å². The smallest absolute Gasteiger partial charge is 0.307 e. The summed E-state index contributed by atoms with van der Waals surface area (Å²) in [5.41, 5.74) is 0.705. The van der Waals surface area contributed by atoms with Gasteiger partial charge in [-0.2, -0.15) is 0 Å². The summed E-state index contributed by atoms with van der Waals surface area (Å²) in [5, 5.41) is 8.81. The van der Waals surface area contributed by atoms with Crippen molar-refractivity contribution >= 4 is 21.9 Å². The van der Waals surface area contributed by atoms with Crippen molar-refractivity contribution in [2.24, 2.45) is 0 Å². The average Bonchev–Trinajstić information content (AvgIpc) is 2.56. The van der Waals surface area contributed by atoms with E-state index >= 15 is 0 Å².